The first-order valence-corrected chi connectivity index (χ1v) is 40.2. The number of nitrogens with one attached hydrogen (secondary N) is 10. The summed E-state index contributed by atoms with van der Waals surface area (Å²) in [7, 11) is 0. The Morgan fingerprint density at radius 2 is 0.532 bits per heavy atom. The minimum absolute atomic E-state index is 0.00274. The van der Waals surface area contributed by atoms with E-state index in [1.54, 1.807) is 0 Å². The molecule has 704 valence electrons. The Labute approximate surface area is 716 Å². The number of nitrogens with two attached hydrogens (primary N) is 21. The summed E-state index contributed by atoms with van der Waals surface area (Å²) in [5.74, 6) is -12.4. The lowest BCUT2D eigenvalue weighted by atomic mass is 9.84. The molecule has 2 aliphatic rings. The van der Waals surface area contributed by atoms with E-state index in [0.717, 1.165) is 6.92 Å². The van der Waals surface area contributed by atoms with Gasteiger partial charge in [0.15, 0.2) is 59.9 Å². The molecular weight excluding hydrogens is 1630 g/mol. The lowest BCUT2D eigenvalue weighted by molar-refractivity contribution is -0.288. The summed E-state index contributed by atoms with van der Waals surface area (Å²) in [6, 6.07) is -17.2. The Balaban J connectivity index is 2.83. The molecule has 1 aliphatic heterocycles. The molecule has 2 fully saturated rings. The van der Waals surface area contributed by atoms with Crippen molar-refractivity contribution >= 4 is 113 Å². The molecule has 1 saturated heterocycles. The monoisotopic (exact) mass is 1770 g/mol. The molecule has 124 heavy (non-hydrogen) atoms. The van der Waals surface area contributed by atoms with Crippen LogP contribution in [0.5, 0.6) is 0 Å². The predicted octanol–water partition coefficient (Wildman–Crippen LogP) is -18.1. The Bertz CT molecular complexity index is 3650. The number of aliphatic hydroxyl groups is 4. The molecule has 2 rings (SSSR count). The average molecular weight is 1770 g/mol. The summed E-state index contributed by atoms with van der Waals surface area (Å²) in [5.41, 5.74) is 119. The second-order valence-electron chi connectivity index (χ2n) is 29.3. The van der Waals surface area contributed by atoms with Gasteiger partial charge in [0.05, 0.1) is 18.2 Å². The maximum atomic E-state index is 15.1. The fourth-order valence-corrected chi connectivity index (χ4v) is 12.6. The van der Waals surface area contributed by atoms with Crippen LogP contribution in [0.2, 0.25) is 0 Å². The van der Waals surface area contributed by atoms with Crippen LogP contribution in [0, 0.1) is 0 Å². The molecule has 56 heteroatoms. The number of hydrogen-bond acceptors (Lipinski definition) is 29. The number of rotatable bonds is 58. The molecule has 0 bridgehead atoms. The number of imide groups is 1. The lowest BCUT2D eigenvalue weighted by Gasteiger charge is -2.46. The van der Waals surface area contributed by atoms with Crippen molar-refractivity contribution in [2.45, 2.75) is 244 Å². The van der Waals surface area contributed by atoms with E-state index < -0.39 is 181 Å². The first-order chi connectivity index (χ1) is 58.4. The third kappa shape index (κ3) is 44.1. The number of amides is 10. The van der Waals surface area contributed by atoms with Gasteiger partial charge in [0, 0.05) is 84.5 Å². The molecule has 19 atom stereocenters. The molecule has 1 unspecified atom stereocenters. The summed E-state index contributed by atoms with van der Waals surface area (Å²) in [4.78, 5) is 180. The molecule has 56 N–H and O–H groups in total. The highest BCUT2D eigenvalue weighted by Gasteiger charge is 2.49. The van der Waals surface area contributed by atoms with Crippen LogP contribution in [0.15, 0.2) is 44.9 Å². The van der Waals surface area contributed by atoms with Gasteiger partial charge >= 0.3 is 0 Å². The van der Waals surface area contributed by atoms with Gasteiger partial charge < -0.3 is 198 Å². The number of guanidine groups is 9. The number of nitrogens with zero attached hydrogens (tertiary/aromatic N) is 9. The minimum Gasteiger partial charge on any atom is -0.389 e. The number of ether oxygens (including phenoxy) is 2. The summed E-state index contributed by atoms with van der Waals surface area (Å²) < 4.78 is 12.0. The largest absolute Gasteiger partial charge is 0.389 e. The van der Waals surface area contributed by atoms with Crippen LogP contribution in [0.4, 0.5) is 0 Å². The molecule has 0 aromatic rings. The van der Waals surface area contributed by atoms with Crippen molar-refractivity contribution in [3.05, 3.63) is 0 Å². The van der Waals surface area contributed by atoms with Crippen LogP contribution >= 0.6 is 0 Å². The van der Waals surface area contributed by atoms with Crippen molar-refractivity contribution in [1.82, 2.24) is 53.2 Å². The second kappa shape index (κ2) is 58.1. The van der Waals surface area contributed by atoms with Gasteiger partial charge in [0.25, 0.3) is 0 Å². The van der Waals surface area contributed by atoms with Gasteiger partial charge in [-0.25, -0.2) is 0 Å². The highest BCUT2D eigenvalue weighted by atomic mass is 16.7. The second-order valence-corrected chi connectivity index (χ2v) is 29.3. The molecule has 0 aromatic carbocycles. The van der Waals surface area contributed by atoms with E-state index in [4.69, 9.17) is 130 Å². The van der Waals surface area contributed by atoms with E-state index >= 15 is 14.4 Å². The topological polar surface area (TPSA) is 1050 Å². The lowest BCUT2D eigenvalue weighted by Crippen LogP contribution is -2.67. The fourth-order valence-electron chi connectivity index (χ4n) is 12.6. The van der Waals surface area contributed by atoms with Crippen LogP contribution in [0.3, 0.4) is 0 Å². The molecule has 0 radical (unpaired) electrons. The number of hydrogen-bond donors (Lipinski definition) is 35. The quantitative estimate of drug-likeness (QED) is 0.0153. The van der Waals surface area contributed by atoms with Crippen LogP contribution in [-0.4, -0.2) is 314 Å². The van der Waals surface area contributed by atoms with Crippen LogP contribution in [0.25, 0.3) is 0 Å². The van der Waals surface area contributed by atoms with Gasteiger partial charge in [-0.3, -0.25) is 98.2 Å². The number of aliphatic imine (C=N–C) groups is 9. The SMILES string of the molecule is CC(=O)NC(=O)[C@@H](CCCN=C(N)N)NC(=O)[C@@H](CCCN=C(N)N)NC(=O)[C@@H](CCCN=C(N)N)NC(=O)[C@@H](CCCN=C(N)N)NC(=O)[C@@H](CCCN=C(N)N)NC(=O)[C@@H](CCCN=C(N)N)NC(=O)[C@@H](CCCN=C(N)N)NC(=O)[C@@H](CCCN=C(N)N)NC(=O)[C@@H](CCCN=C(N)N)NC[C@H]1O[C@H](OC2[C@@H](N)C[C@@H](N)[C@H](O)[C@H]2O)[C@H](N)[C@@H](O)[C@@H]1O. The molecule has 1 saturated carbocycles. The minimum atomic E-state index is -1.73. The molecule has 10 amide bonds. The Morgan fingerprint density at radius 3 is 0.758 bits per heavy atom. The number of aliphatic hydroxyl groups excluding tert-OH is 4. The molecule has 1 aliphatic carbocycles. The van der Waals surface area contributed by atoms with Gasteiger partial charge in [-0.05, 0) is 122 Å². The Morgan fingerprint density at radius 1 is 0.315 bits per heavy atom. The number of carbonyl (C=O) groups is 10. The van der Waals surface area contributed by atoms with Gasteiger partial charge in [-0.2, -0.15) is 0 Å². The fraction of sp³-hybridized carbons (Fsp3) is 0.721. The van der Waals surface area contributed by atoms with Gasteiger partial charge in [0.2, 0.25) is 59.1 Å². The van der Waals surface area contributed by atoms with E-state index in [2.05, 4.69) is 98.1 Å². The van der Waals surface area contributed by atoms with E-state index in [-0.39, 0.29) is 235 Å². The van der Waals surface area contributed by atoms with Crippen LogP contribution in [0.1, 0.15) is 129 Å². The summed E-state index contributed by atoms with van der Waals surface area (Å²) in [6.45, 7) is -0.0781. The van der Waals surface area contributed by atoms with Crippen molar-refractivity contribution in [2.75, 3.05) is 65.4 Å². The summed E-state index contributed by atoms with van der Waals surface area (Å²) in [6.07, 6.45) is -12.6. The molecule has 1 heterocycles. The highest BCUT2D eigenvalue weighted by Crippen LogP contribution is 2.28. The molecular formula is C68H136N40O16. The van der Waals surface area contributed by atoms with Crippen molar-refractivity contribution < 1.29 is 77.8 Å². The van der Waals surface area contributed by atoms with E-state index in [1.165, 1.54) is 0 Å². The van der Waals surface area contributed by atoms with Gasteiger partial charge in [-0.15, -0.1) is 0 Å². The van der Waals surface area contributed by atoms with E-state index in [1.807, 2.05) is 0 Å². The Hall–Kier alpha value is -12.1. The zero-order chi connectivity index (χ0) is 93.3. The van der Waals surface area contributed by atoms with Crippen LogP contribution < -0.4 is 174 Å². The zero-order valence-corrected chi connectivity index (χ0v) is 69.8. The first kappa shape index (κ1) is 108. The molecule has 56 nitrogen and oxygen atoms in total. The Kier molecular flexibility index (Phi) is 50.6. The standard InChI is InChI=1S/C68H136N40O16/c1-31(109)100-51(115)35(12-3-21-91-61(74)75)102-53(117)37(14-5-23-93-63(78)79)104-55(119)39(16-7-25-95-65(82)83)106-57(121)41(18-9-27-97-67(86)87)108-58(122)42(19-10-28-98-68(88)89)107-56(120)40(17-8-26-96-66(84)85)105-54(118)38(15-6-24-94-64(80)81)103-52(116)36(13-4-22-92-62(76)77)101-50(114)34(11-2-20-90-60(72)73)99-30-43-46(111)47(112)44(71)59(123-43)124-49-33(70)29-32(69)45(110)48(49)113/h32-49,59,99,110-113H,2-30,69-71H2,1H3,(H,101,114)(H,102,117)(H,103,116)(H,104,119)(H,105,118)(H,106,121)(H,107,120)(H,108,122)(H4,72,73,90)(H4,74,75,91)(H4,76,77,92)(H4,78,79,93)(H4,80,81,94)(H4,82,83,95)(H4,84,85,96)(H4,86,87,97)(H4,88,89,98)(H,100,109,115)/t32-,33+,34-,35-,36-,37-,38-,39-,40-,41-,42-,43-,44-,45+,46-,47-,48-,49?,59-/m1/s1. The van der Waals surface area contributed by atoms with Gasteiger partial charge in [0.1, 0.15) is 78.9 Å². The third-order valence-corrected chi connectivity index (χ3v) is 18.9. The van der Waals surface area contributed by atoms with Crippen LogP contribution in [-0.2, 0) is 57.4 Å². The van der Waals surface area contributed by atoms with Gasteiger partial charge in [-0.1, -0.05) is 0 Å². The van der Waals surface area contributed by atoms with Crippen molar-refractivity contribution in [2.24, 2.45) is 165 Å². The first-order valence-electron chi connectivity index (χ1n) is 40.2. The smallest absolute Gasteiger partial charge is 0.249 e. The van der Waals surface area contributed by atoms with Crippen molar-refractivity contribution in [3.8, 4) is 0 Å². The van der Waals surface area contributed by atoms with E-state index in [9.17, 15) is 54.0 Å². The normalized spacial score (nSPS) is 20.5. The molecule has 0 spiro atoms. The predicted molar refractivity (Wildman–Crippen MR) is 461 cm³/mol. The third-order valence-electron chi connectivity index (χ3n) is 18.9. The van der Waals surface area contributed by atoms with Crippen molar-refractivity contribution in [3.63, 3.8) is 0 Å². The zero-order valence-electron chi connectivity index (χ0n) is 69.8. The average Bonchev–Trinajstić information content (AvgIpc) is 0.790. The number of carbonyl (C=O) groups excluding carboxylic acids is 10. The summed E-state index contributed by atoms with van der Waals surface area (Å²) >= 11 is 0. The maximum Gasteiger partial charge on any atom is 0.249 e. The molecule has 0 aromatic heterocycles. The highest BCUT2D eigenvalue weighted by molar-refractivity contribution is 6.01. The maximum absolute atomic E-state index is 15.1. The van der Waals surface area contributed by atoms with E-state index in [0.29, 0.717) is 0 Å². The summed E-state index contributed by atoms with van der Waals surface area (Å²) in [5, 5.41) is 70.1. The van der Waals surface area contributed by atoms with Crippen molar-refractivity contribution in [1.29, 1.82) is 0 Å².